The van der Waals surface area contributed by atoms with E-state index in [0.717, 1.165) is 17.7 Å². The first-order valence-corrected chi connectivity index (χ1v) is 5.09. The molecule has 0 amide bonds. The number of hydrogen-bond acceptors (Lipinski definition) is 3. The number of nitrogens with zero attached hydrogens (tertiary/aromatic N) is 1. The molecule has 0 aliphatic heterocycles. The Morgan fingerprint density at radius 3 is 2.60 bits per heavy atom. The fraction of sp³-hybridized carbons (Fsp3) is 0.417. The van der Waals surface area contributed by atoms with Gasteiger partial charge in [0, 0.05) is 12.5 Å². The van der Waals surface area contributed by atoms with E-state index in [1.807, 2.05) is 31.2 Å². The third-order valence-electron chi connectivity index (χ3n) is 2.11. The molecule has 1 atom stereocenters. The summed E-state index contributed by atoms with van der Waals surface area (Å²) in [5, 5.41) is 8.34. The van der Waals surface area contributed by atoms with Gasteiger partial charge in [-0.3, -0.25) is 0 Å². The molecule has 80 valence electrons. The number of hydrogen-bond donors (Lipinski definition) is 1. The Morgan fingerprint density at radius 2 is 2.07 bits per heavy atom. The van der Waals surface area contributed by atoms with Crippen molar-refractivity contribution in [1.82, 2.24) is 0 Å². The molecule has 0 spiro atoms. The van der Waals surface area contributed by atoms with E-state index in [0.29, 0.717) is 13.0 Å². The van der Waals surface area contributed by atoms with Gasteiger partial charge in [-0.2, -0.15) is 5.26 Å². The minimum Gasteiger partial charge on any atom is -0.494 e. The molecule has 0 saturated carbocycles. The van der Waals surface area contributed by atoms with Crippen LogP contribution in [0.25, 0.3) is 0 Å². The smallest absolute Gasteiger partial charge is 0.119 e. The van der Waals surface area contributed by atoms with Crippen LogP contribution in [-0.4, -0.2) is 6.61 Å². The van der Waals surface area contributed by atoms with Crippen LogP contribution in [0.4, 0.5) is 0 Å². The topological polar surface area (TPSA) is 59.0 Å². The molecule has 0 bridgehead atoms. The van der Waals surface area contributed by atoms with E-state index >= 15 is 0 Å². The fourth-order valence-corrected chi connectivity index (χ4v) is 1.21. The molecule has 1 aromatic rings. The fourth-order valence-electron chi connectivity index (χ4n) is 1.21. The summed E-state index contributed by atoms with van der Waals surface area (Å²) >= 11 is 0. The van der Waals surface area contributed by atoms with E-state index < -0.39 is 0 Å². The van der Waals surface area contributed by atoms with Crippen LogP contribution in [0.3, 0.4) is 0 Å². The van der Waals surface area contributed by atoms with Gasteiger partial charge in [0.2, 0.25) is 0 Å². The molecule has 15 heavy (non-hydrogen) atoms. The second kappa shape index (κ2) is 6.05. The van der Waals surface area contributed by atoms with Crippen molar-refractivity contribution in [1.29, 1.82) is 5.26 Å². The average Bonchev–Trinajstić information content (AvgIpc) is 2.25. The predicted octanol–water partition coefficient (Wildman–Crippen LogP) is 2.39. The van der Waals surface area contributed by atoms with Gasteiger partial charge >= 0.3 is 0 Å². The Labute approximate surface area is 90.5 Å². The van der Waals surface area contributed by atoms with Crippen molar-refractivity contribution in [3.05, 3.63) is 29.8 Å². The lowest BCUT2D eigenvalue weighted by Gasteiger charge is -2.08. The van der Waals surface area contributed by atoms with Crippen LogP contribution in [0.1, 0.15) is 31.4 Å². The van der Waals surface area contributed by atoms with E-state index in [-0.39, 0.29) is 6.04 Å². The van der Waals surface area contributed by atoms with Gasteiger partial charge in [-0.05, 0) is 31.0 Å². The summed E-state index contributed by atoms with van der Waals surface area (Å²) in [5.41, 5.74) is 6.82. The third kappa shape index (κ3) is 4.01. The van der Waals surface area contributed by atoms with E-state index in [4.69, 9.17) is 15.7 Å². The van der Waals surface area contributed by atoms with Crippen LogP contribution in [0.5, 0.6) is 5.75 Å². The van der Waals surface area contributed by atoms with Crippen molar-refractivity contribution in [3.8, 4) is 11.8 Å². The largest absolute Gasteiger partial charge is 0.494 e. The molecule has 0 aromatic heterocycles. The van der Waals surface area contributed by atoms with Crippen molar-refractivity contribution < 1.29 is 4.74 Å². The highest BCUT2D eigenvalue weighted by atomic mass is 16.5. The first-order valence-electron chi connectivity index (χ1n) is 5.09. The molecular weight excluding hydrogens is 188 g/mol. The molecule has 0 saturated heterocycles. The van der Waals surface area contributed by atoms with Crippen molar-refractivity contribution in [3.63, 3.8) is 0 Å². The lowest BCUT2D eigenvalue weighted by Crippen LogP contribution is -2.04. The molecule has 3 heteroatoms. The van der Waals surface area contributed by atoms with Crippen LogP contribution >= 0.6 is 0 Å². The predicted molar refractivity (Wildman–Crippen MR) is 59.4 cm³/mol. The normalized spacial score (nSPS) is 11.8. The van der Waals surface area contributed by atoms with Gasteiger partial charge in [-0.15, -0.1) is 0 Å². The van der Waals surface area contributed by atoms with Crippen LogP contribution in [0.2, 0.25) is 0 Å². The van der Waals surface area contributed by atoms with Crippen molar-refractivity contribution >= 4 is 0 Å². The summed E-state index contributed by atoms with van der Waals surface area (Å²) in [5.74, 6) is 0.831. The molecule has 3 nitrogen and oxygen atoms in total. The van der Waals surface area contributed by atoms with Gasteiger partial charge in [-0.25, -0.2) is 0 Å². The molecule has 0 radical (unpaired) electrons. The average molecular weight is 204 g/mol. The summed E-state index contributed by atoms with van der Waals surface area (Å²) in [6.07, 6.45) is 1.31. The number of rotatable bonds is 5. The summed E-state index contributed by atoms with van der Waals surface area (Å²) in [4.78, 5) is 0. The summed E-state index contributed by atoms with van der Waals surface area (Å²) < 4.78 is 5.45. The van der Waals surface area contributed by atoms with E-state index in [1.165, 1.54) is 0 Å². The lowest BCUT2D eigenvalue weighted by molar-refractivity contribution is 0.312. The van der Waals surface area contributed by atoms with Crippen LogP contribution in [0.15, 0.2) is 24.3 Å². The molecule has 1 aromatic carbocycles. The van der Waals surface area contributed by atoms with Crippen LogP contribution in [0, 0.1) is 11.3 Å². The lowest BCUT2D eigenvalue weighted by atomic mass is 10.1. The highest BCUT2D eigenvalue weighted by Crippen LogP contribution is 2.16. The molecular formula is C12H16N2O. The standard InChI is InChI=1S/C12H16N2O/c1-10(14)11-4-6-12(7-5-11)15-9-3-2-8-13/h4-7,10H,2-3,9,14H2,1H3. The Balaban J connectivity index is 2.40. The maximum Gasteiger partial charge on any atom is 0.119 e. The van der Waals surface area contributed by atoms with Crippen molar-refractivity contribution in [2.75, 3.05) is 6.61 Å². The Kier molecular flexibility index (Phi) is 4.65. The second-order valence-electron chi connectivity index (χ2n) is 3.47. The van der Waals surface area contributed by atoms with Gasteiger partial charge in [0.25, 0.3) is 0 Å². The number of ether oxygens (including phenoxy) is 1. The number of nitrogens with two attached hydrogens (primary N) is 1. The molecule has 1 unspecified atom stereocenters. The second-order valence-corrected chi connectivity index (χ2v) is 3.47. The Bertz CT molecular complexity index is 324. The van der Waals surface area contributed by atoms with Gasteiger partial charge < -0.3 is 10.5 Å². The van der Waals surface area contributed by atoms with Crippen LogP contribution < -0.4 is 10.5 Å². The highest BCUT2D eigenvalue weighted by molar-refractivity contribution is 5.28. The van der Waals surface area contributed by atoms with Gasteiger partial charge in [0.05, 0.1) is 12.7 Å². The van der Waals surface area contributed by atoms with Gasteiger partial charge in [-0.1, -0.05) is 12.1 Å². The quantitative estimate of drug-likeness (QED) is 0.749. The number of nitriles is 1. The maximum atomic E-state index is 8.34. The van der Waals surface area contributed by atoms with Gasteiger partial charge in [0.1, 0.15) is 5.75 Å². The minimum absolute atomic E-state index is 0.0534. The molecule has 0 aliphatic rings. The molecule has 1 rings (SSSR count). The molecule has 2 N–H and O–H groups in total. The minimum atomic E-state index is 0.0534. The SMILES string of the molecule is CC(N)c1ccc(OCCCC#N)cc1. The van der Waals surface area contributed by atoms with E-state index in [9.17, 15) is 0 Å². The monoisotopic (exact) mass is 204 g/mol. The molecule has 0 aliphatic carbocycles. The first-order chi connectivity index (χ1) is 7.24. The zero-order chi connectivity index (χ0) is 11.1. The van der Waals surface area contributed by atoms with E-state index in [2.05, 4.69) is 6.07 Å². The summed E-state index contributed by atoms with van der Waals surface area (Å²) in [6, 6.07) is 9.88. The number of benzene rings is 1. The van der Waals surface area contributed by atoms with Gasteiger partial charge in [0.15, 0.2) is 0 Å². The highest BCUT2D eigenvalue weighted by Gasteiger charge is 1.99. The van der Waals surface area contributed by atoms with Crippen LogP contribution in [-0.2, 0) is 0 Å². The molecule has 0 heterocycles. The van der Waals surface area contributed by atoms with Crippen molar-refractivity contribution in [2.24, 2.45) is 5.73 Å². The Morgan fingerprint density at radius 1 is 1.40 bits per heavy atom. The zero-order valence-corrected chi connectivity index (χ0v) is 8.94. The Hall–Kier alpha value is -1.53. The summed E-state index contributed by atoms with van der Waals surface area (Å²) in [6.45, 7) is 2.54. The maximum absolute atomic E-state index is 8.34. The van der Waals surface area contributed by atoms with Crippen molar-refractivity contribution in [2.45, 2.75) is 25.8 Å². The first kappa shape index (κ1) is 11.5. The third-order valence-corrected chi connectivity index (χ3v) is 2.11. The number of unbranched alkanes of at least 4 members (excludes halogenated alkanes) is 1. The van der Waals surface area contributed by atoms with E-state index in [1.54, 1.807) is 0 Å². The summed E-state index contributed by atoms with van der Waals surface area (Å²) in [7, 11) is 0. The molecule has 0 fully saturated rings. The zero-order valence-electron chi connectivity index (χ0n) is 8.94.